The number of urea groups is 1. The molecule has 0 radical (unpaired) electrons. The van der Waals surface area contributed by atoms with Crippen LogP contribution in [0.3, 0.4) is 0 Å². The fourth-order valence-electron chi connectivity index (χ4n) is 4.07. The number of likely N-dealkylation sites (tertiary alicyclic amines) is 1. The van der Waals surface area contributed by atoms with Gasteiger partial charge in [0.25, 0.3) is 0 Å². The summed E-state index contributed by atoms with van der Waals surface area (Å²) in [5.74, 6) is -1.24. The van der Waals surface area contributed by atoms with Gasteiger partial charge in [0.2, 0.25) is 5.91 Å². The lowest BCUT2D eigenvalue weighted by molar-refractivity contribution is -0.127. The molecule has 1 fully saturated rings. The second-order valence-electron chi connectivity index (χ2n) is 8.35. The van der Waals surface area contributed by atoms with E-state index in [4.69, 9.17) is 0 Å². The van der Waals surface area contributed by atoms with Crippen molar-refractivity contribution in [2.24, 2.45) is 5.92 Å². The van der Waals surface area contributed by atoms with E-state index in [0.29, 0.717) is 30.5 Å². The van der Waals surface area contributed by atoms with Crippen LogP contribution < -0.4 is 10.6 Å². The molecule has 2 unspecified atom stereocenters. The van der Waals surface area contributed by atoms with Gasteiger partial charge >= 0.3 is 6.03 Å². The Morgan fingerprint density at radius 2 is 1.84 bits per heavy atom. The lowest BCUT2D eigenvalue weighted by Gasteiger charge is -2.39. The van der Waals surface area contributed by atoms with Gasteiger partial charge in [0.05, 0.1) is 12.0 Å². The largest absolute Gasteiger partial charge is 0.352 e. The fourth-order valence-corrected chi connectivity index (χ4v) is 4.07. The number of amides is 3. The summed E-state index contributed by atoms with van der Waals surface area (Å²) in [4.78, 5) is 27.5. The van der Waals surface area contributed by atoms with E-state index in [1.165, 1.54) is 12.1 Å². The van der Waals surface area contributed by atoms with Crippen LogP contribution in [-0.2, 0) is 11.3 Å². The molecular formula is C25H31F2N3O2. The van der Waals surface area contributed by atoms with E-state index in [9.17, 15) is 18.4 Å². The lowest BCUT2D eigenvalue weighted by Crippen LogP contribution is -2.50. The Labute approximate surface area is 188 Å². The predicted molar refractivity (Wildman–Crippen MR) is 120 cm³/mol. The molecule has 172 valence electrons. The van der Waals surface area contributed by atoms with Gasteiger partial charge in [-0.2, -0.15) is 0 Å². The second kappa shape index (κ2) is 11.1. The van der Waals surface area contributed by atoms with Crippen molar-refractivity contribution in [2.45, 2.75) is 52.1 Å². The van der Waals surface area contributed by atoms with Crippen LogP contribution in [-0.4, -0.2) is 29.9 Å². The normalized spacial score (nSPS) is 18.3. The van der Waals surface area contributed by atoms with Crippen LogP contribution >= 0.6 is 0 Å². The highest BCUT2D eigenvalue weighted by atomic mass is 19.1. The summed E-state index contributed by atoms with van der Waals surface area (Å²) >= 11 is 0. The lowest BCUT2D eigenvalue weighted by atomic mass is 9.88. The molecule has 0 bridgehead atoms. The summed E-state index contributed by atoms with van der Waals surface area (Å²) in [5, 5.41) is 5.74. The number of hydrogen-bond acceptors (Lipinski definition) is 2. The van der Waals surface area contributed by atoms with Gasteiger partial charge in [0.1, 0.15) is 11.6 Å². The van der Waals surface area contributed by atoms with E-state index in [1.54, 1.807) is 42.2 Å². The quantitative estimate of drug-likeness (QED) is 0.601. The van der Waals surface area contributed by atoms with Crippen LogP contribution in [0.1, 0.15) is 55.3 Å². The summed E-state index contributed by atoms with van der Waals surface area (Å²) < 4.78 is 27.6. The molecule has 0 spiro atoms. The third-order valence-corrected chi connectivity index (χ3v) is 6.00. The van der Waals surface area contributed by atoms with Gasteiger partial charge in [-0.15, -0.1) is 0 Å². The van der Waals surface area contributed by atoms with Crippen LogP contribution in [0.2, 0.25) is 0 Å². The summed E-state index contributed by atoms with van der Waals surface area (Å²) in [6.45, 7) is 4.66. The number of halogens is 2. The van der Waals surface area contributed by atoms with Crippen molar-refractivity contribution in [3.05, 3.63) is 70.8 Å². The van der Waals surface area contributed by atoms with Crippen LogP contribution in [0.5, 0.6) is 0 Å². The highest BCUT2D eigenvalue weighted by Crippen LogP contribution is 2.34. The highest BCUT2D eigenvalue weighted by Gasteiger charge is 2.35. The zero-order valence-electron chi connectivity index (χ0n) is 18.7. The molecule has 2 aromatic rings. The zero-order chi connectivity index (χ0) is 23.1. The molecule has 7 heteroatoms. The number of hydrogen-bond donors (Lipinski definition) is 2. The van der Waals surface area contributed by atoms with Crippen molar-refractivity contribution < 1.29 is 18.4 Å². The first-order chi connectivity index (χ1) is 15.4. The number of carbonyl (C=O) groups is 2. The minimum Gasteiger partial charge on any atom is -0.352 e. The molecule has 0 saturated carbocycles. The maximum absolute atomic E-state index is 13.9. The van der Waals surface area contributed by atoms with Gasteiger partial charge in [0, 0.05) is 25.2 Å². The van der Waals surface area contributed by atoms with Crippen LogP contribution in [0.25, 0.3) is 0 Å². The van der Waals surface area contributed by atoms with Gasteiger partial charge in [-0.3, -0.25) is 4.79 Å². The van der Waals surface area contributed by atoms with Gasteiger partial charge in [0.15, 0.2) is 0 Å². The van der Waals surface area contributed by atoms with Crippen molar-refractivity contribution in [1.82, 2.24) is 15.5 Å². The molecule has 1 aliphatic heterocycles. The molecule has 0 aromatic heterocycles. The minimum atomic E-state index is -0.392. The molecule has 3 rings (SSSR count). The van der Waals surface area contributed by atoms with Gasteiger partial charge < -0.3 is 15.5 Å². The van der Waals surface area contributed by atoms with Crippen molar-refractivity contribution >= 4 is 11.9 Å². The number of carbonyl (C=O) groups excluding carboxylic acids is 2. The minimum absolute atomic E-state index is 0.102. The van der Waals surface area contributed by atoms with E-state index in [1.807, 2.05) is 6.92 Å². The Morgan fingerprint density at radius 3 is 2.56 bits per heavy atom. The molecule has 1 saturated heterocycles. The van der Waals surface area contributed by atoms with Gasteiger partial charge in [-0.05, 0) is 49.4 Å². The van der Waals surface area contributed by atoms with Crippen LogP contribution in [0.15, 0.2) is 42.5 Å². The van der Waals surface area contributed by atoms with Crippen molar-refractivity contribution in [3.63, 3.8) is 0 Å². The average Bonchev–Trinajstić information content (AvgIpc) is 2.80. The second-order valence-corrected chi connectivity index (χ2v) is 8.35. The molecule has 1 heterocycles. The fraction of sp³-hybridized carbons (Fsp3) is 0.440. The van der Waals surface area contributed by atoms with E-state index in [0.717, 1.165) is 18.4 Å². The first kappa shape index (κ1) is 23.7. The Balaban J connectivity index is 1.72. The van der Waals surface area contributed by atoms with Crippen LogP contribution in [0.4, 0.5) is 13.6 Å². The molecule has 2 atom stereocenters. The van der Waals surface area contributed by atoms with E-state index in [-0.39, 0.29) is 42.7 Å². The third-order valence-electron chi connectivity index (χ3n) is 6.00. The number of benzene rings is 2. The Bertz CT molecular complexity index is 951. The number of nitrogens with one attached hydrogen (secondary N) is 2. The average molecular weight is 444 g/mol. The predicted octanol–water partition coefficient (Wildman–Crippen LogP) is 4.85. The maximum Gasteiger partial charge on any atom is 0.317 e. The van der Waals surface area contributed by atoms with Crippen molar-refractivity contribution in [1.29, 1.82) is 0 Å². The first-order valence-electron chi connectivity index (χ1n) is 11.2. The van der Waals surface area contributed by atoms with Crippen molar-refractivity contribution in [2.75, 3.05) is 13.1 Å². The molecule has 2 aromatic carbocycles. The number of piperidine rings is 1. The molecule has 3 amide bonds. The summed E-state index contributed by atoms with van der Waals surface area (Å²) in [6, 6.07) is 10.8. The molecule has 5 nitrogen and oxygen atoms in total. The number of aryl methyl sites for hydroxylation is 1. The monoisotopic (exact) mass is 443 g/mol. The SMILES string of the molecule is CCCCNC(=O)N1CC(C(=O)NCc2ccccc2F)CCC1c1ccc(F)c(C)c1. The topological polar surface area (TPSA) is 61.4 Å². The van der Waals surface area contributed by atoms with Gasteiger partial charge in [-0.1, -0.05) is 43.7 Å². The molecule has 32 heavy (non-hydrogen) atoms. The first-order valence-corrected chi connectivity index (χ1v) is 11.2. The Morgan fingerprint density at radius 1 is 1.06 bits per heavy atom. The molecule has 0 aliphatic carbocycles. The standard InChI is InChI=1S/C25H31F2N3O2/c1-3-4-13-28-25(32)30-16-20(24(31)29-15-19-7-5-6-8-22(19)27)10-12-23(30)18-9-11-21(26)17(2)14-18/h5-9,11,14,20,23H,3-4,10,12-13,15-16H2,1-2H3,(H,28,32)(H,29,31). The van der Waals surface area contributed by atoms with E-state index in [2.05, 4.69) is 10.6 Å². The highest BCUT2D eigenvalue weighted by molar-refractivity contribution is 5.81. The Kier molecular flexibility index (Phi) is 8.20. The molecular weight excluding hydrogens is 412 g/mol. The zero-order valence-corrected chi connectivity index (χ0v) is 18.7. The van der Waals surface area contributed by atoms with E-state index >= 15 is 0 Å². The van der Waals surface area contributed by atoms with Crippen LogP contribution in [0, 0.1) is 24.5 Å². The smallest absolute Gasteiger partial charge is 0.317 e. The van der Waals surface area contributed by atoms with Crippen molar-refractivity contribution in [3.8, 4) is 0 Å². The number of rotatable bonds is 7. The third kappa shape index (κ3) is 5.84. The maximum atomic E-state index is 13.9. The summed E-state index contributed by atoms with van der Waals surface area (Å²) in [5.41, 5.74) is 1.81. The Hall–Kier alpha value is -2.96. The number of unbranched alkanes of at least 4 members (excludes halogenated alkanes) is 1. The molecule has 1 aliphatic rings. The van der Waals surface area contributed by atoms with Gasteiger partial charge in [-0.25, -0.2) is 13.6 Å². The number of nitrogens with zero attached hydrogens (tertiary/aromatic N) is 1. The molecule has 2 N–H and O–H groups in total. The summed E-state index contributed by atoms with van der Waals surface area (Å²) in [7, 11) is 0. The summed E-state index contributed by atoms with van der Waals surface area (Å²) in [6.07, 6.45) is 3.00. The van der Waals surface area contributed by atoms with E-state index < -0.39 is 5.92 Å².